The van der Waals surface area contributed by atoms with E-state index in [1.54, 1.807) is 30.3 Å². The van der Waals surface area contributed by atoms with Gasteiger partial charge in [0, 0.05) is 32.1 Å². The Labute approximate surface area is 154 Å². The molecule has 1 heterocycles. The molecule has 126 valence electrons. The number of thiophene rings is 1. The van der Waals surface area contributed by atoms with Gasteiger partial charge >= 0.3 is 0 Å². The molecule has 2 N–H and O–H groups in total. The molecular weight excluding hydrogens is 411 g/mol. The Hall–Kier alpha value is -0.830. The molecule has 7 heteroatoms. The molecular formula is C15H27IN4OS. The van der Waals surface area contributed by atoms with Gasteiger partial charge in [0.25, 0.3) is 0 Å². The average molecular weight is 438 g/mol. The summed E-state index contributed by atoms with van der Waals surface area (Å²) in [7, 11) is 3.48. The normalized spacial score (nSPS) is 10.8. The van der Waals surface area contributed by atoms with Crippen LogP contribution in [0.25, 0.3) is 0 Å². The van der Waals surface area contributed by atoms with Crippen LogP contribution in [-0.2, 0) is 11.2 Å². The third-order valence-corrected chi connectivity index (χ3v) is 3.87. The number of amides is 1. The third kappa shape index (κ3) is 9.24. The highest BCUT2D eigenvalue weighted by atomic mass is 127. The van der Waals surface area contributed by atoms with Crippen LogP contribution in [0.1, 0.15) is 24.6 Å². The van der Waals surface area contributed by atoms with Crippen molar-refractivity contribution in [2.24, 2.45) is 4.99 Å². The lowest BCUT2D eigenvalue weighted by Crippen LogP contribution is -2.39. The van der Waals surface area contributed by atoms with Gasteiger partial charge in [-0.3, -0.25) is 4.79 Å². The van der Waals surface area contributed by atoms with E-state index in [1.807, 2.05) is 0 Å². The Morgan fingerprint density at radius 3 is 2.64 bits per heavy atom. The molecule has 0 aliphatic carbocycles. The Balaban J connectivity index is 0.00000441. The first-order chi connectivity index (χ1) is 10.1. The first kappa shape index (κ1) is 21.2. The molecule has 0 radical (unpaired) electrons. The van der Waals surface area contributed by atoms with E-state index in [4.69, 9.17) is 0 Å². The second kappa shape index (κ2) is 12.7. The zero-order chi connectivity index (χ0) is 15.5. The van der Waals surface area contributed by atoms with Gasteiger partial charge in [-0.15, -0.1) is 35.3 Å². The number of hydrogen-bond donors (Lipinski definition) is 2. The van der Waals surface area contributed by atoms with Crippen LogP contribution in [0.3, 0.4) is 0 Å². The van der Waals surface area contributed by atoms with E-state index in [2.05, 4.69) is 40.1 Å². The molecule has 0 bridgehead atoms. The number of nitrogens with one attached hydrogen (secondary N) is 2. The largest absolute Gasteiger partial charge is 0.356 e. The van der Waals surface area contributed by atoms with Gasteiger partial charge in [-0.2, -0.15) is 0 Å². The number of rotatable bonds is 8. The van der Waals surface area contributed by atoms with Crippen molar-refractivity contribution in [3.8, 4) is 0 Å². The van der Waals surface area contributed by atoms with Crippen molar-refractivity contribution in [1.82, 2.24) is 15.5 Å². The number of halogens is 1. The van der Waals surface area contributed by atoms with Gasteiger partial charge < -0.3 is 15.5 Å². The number of carbonyl (C=O) groups is 1. The van der Waals surface area contributed by atoms with Crippen molar-refractivity contribution in [3.63, 3.8) is 0 Å². The zero-order valence-corrected chi connectivity index (χ0v) is 16.7. The molecule has 0 spiro atoms. The number of aliphatic imine (C=N–C) groups is 1. The van der Waals surface area contributed by atoms with E-state index in [1.165, 1.54) is 4.88 Å². The quantitative estimate of drug-likeness (QED) is 0.284. The molecule has 0 aliphatic rings. The van der Waals surface area contributed by atoms with E-state index in [0.717, 1.165) is 38.3 Å². The van der Waals surface area contributed by atoms with E-state index in [9.17, 15) is 4.79 Å². The predicted molar refractivity (Wildman–Crippen MR) is 105 cm³/mol. The van der Waals surface area contributed by atoms with Crippen LogP contribution in [-0.4, -0.2) is 50.5 Å². The fourth-order valence-electron chi connectivity index (χ4n) is 1.60. The Morgan fingerprint density at radius 2 is 2.05 bits per heavy atom. The predicted octanol–water partition coefficient (Wildman–Crippen LogP) is 2.33. The smallest absolute Gasteiger partial charge is 0.243 e. The van der Waals surface area contributed by atoms with Gasteiger partial charge in [-0.25, -0.2) is 4.99 Å². The number of guanidine groups is 1. The monoisotopic (exact) mass is 438 g/mol. The van der Waals surface area contributed by atoms with Gasteiger partial charge in [-0.1, -0.05) is 19.4 Å². The van der Waals surface area contributed by atoms with Crippen LogP contribution < -0.4 is 10.6 Å². The topological polar surface area (TPSA) is 56.7 Å². The third-order valence-electron chi connectivity index (χ3n) is 2.94. The van der Waals surface area contributed by atoms with Crippen molar-refractivity contribution < 1.29 is 4.79 Å². The van der Waals surface area contributed by atoms with Crippen LogP contribution >= 0.6 is 35.3 Å². The van der Waals surface area contributed by atoms with E-state index < -0.39 is 0 Å². The lowest BCUT2D eigenvalue weighted by molar-refractivity contribution is -0.127. The molecule has 0 unspecified atom stereocenters. The van der Waals surface area contributed by atoms with Gasteiger partial charge in [-0.05, 0) is 24.3 Å². The summed E-state index contributed by atoms with van der Waals surface area (Å²) >= 11 is 1.76. The first-order valence-electron chi connectivity index (χ1n) is 7.38. The molecule has 1 amide bonds. The molecule has 1 aromatic heterocycles. The molecule has 1 rings (SSSR count). The summed E-state index contributed by atoms with van der Waals surface area (Å²) in [6.07, 6.45) is 3.19. The van der Waals surface area contributed by atoms with Crippen molar-refractivity contribution in [3.05, 3.63) is 22.4 Å². The molecule has 0 aliphatic heterocycles. The van der Waals surface area contributed by atoms with E-state index in [-0.39, 0.29) is 36.4 Å². The molecule has 22 heavy (non-hydrogen) atoms. The molecule has 0 atom stereocenters. The van der Waals surface area contributed by atoms with E-state index in [0.29, 0.717) is 0 Å². The highest BCUT2D eigenvalue weighted by molar-refractivity contribution is 14.0. The standard InChI is InChI=1S/C15H26N4OS.HI/c1-4-5-9-16-15(18-12-14(20)19(2)3)17-10-8-13-7-6-11-21-13;/h6-7,11H,4-5,8-10,12H2,1-3H3,(H2,16,17,18);1H. The molecule has 0 fully saturated rings. The van der Waals surface area contributed by atoms with Crippen LogP contribution in [0.4, 0.5) is 0 Å². The highest BCUT2D eigenvalue weighted by Gasteiger charge is 2.04. The molecule has 1 aromatic rings. The van der Waals surface area contributed by atoms with Crippen molar-refractivity contribution in [1.29, 1.82) is 0 Å². The fourth-order valence-corrected chi connectivity index (χ4v) is 2.31. The van der Waals surface area contributed by atoms with Crippen molar-refractivity contribution in [2.75, 3.05) is 33.7 Å². The maximum Gasteiger partial charge on any atom is 0.243 e. The fraction of sp³-hybridized carbons (Fsp3) is 0.600. The lowest BCUT2D eigenvalue weighted by atomic mass is 10.3. The molecule has 0 saturated carbocycles. The summed E-state index contributed by atoms with van der Waals surface area (Å²) in [4.78, 5) is 18.8. The number of carbonyl (C=O) groups excluding carboxylic acids is 1. The Morgan fingerprint density at radius 1 is 1.32 bits per heavy atom. The average Bonchev–Trinajstić information content (AvgIpc) is 2.97. The van der Waals surface area contributed by atoms with Gasteiger partial charge in [0.2, 0.25) is 5.91 Å². The summed E-state index contributed by atoms with van der Waals surface area (Å²) in [6, 6.07) is 4.19. The summed E-state index contributed by atoms with van der Waals surface area (Å²) in [5.74, 6) is 0.722. The van der Waals surface area contributed by atoms with Crippen molar-refractivity contribution >= 4 is 47.2 Å². The summed E-state index contributed by atoms with van der Waals surface area (Å²) in [6.45, 7) is 4.01. The first-order valence-corrected chi connectivity index (χ1v) is 8.26. The minimum absolute atomic E-state index is 0. The van der Waals surface area contributed by atoms with Gasteiger partial charge in [0.15, 0.2) is 5.96 Å². The van der Waals surface area contributed by atoms with Gasteiger partial charge in [0.1, 0.15) is 6.54 Å². The summed E-state index contributed by atoms with van der Waals surface area (Å²) in [5.41, 5.74) is 0. The van der Waals surface area contributed by atoms with Crippen molar-refractivity contribution in [2.45, 2.75) is 26.2 Å². The second-order valence-electron chi connectivity index (χ2n) is 4.99. The minimum atomic E-state index is 0. The number of likely N-dealkylation sites (N-methyl/N-ethyl adjacent to an activating group) is 1. The van der Waals surface area contributed by atoms with Crippen LogP contribution in [0.15, 0.2) is 22.5 Å². The number of hydrogen-bond acceptors (Lipinski definition) is 3. The Kier molecular flexibility index (Phi) is 12.2. The Bertz CT molecular complexity index is 435. The summed E-state index contributed by atoms with van der Waals surface area (Å²) in [5, 5.41) is 8.64. The van der Waals surface area contributed by atoms with Crippen LogP contribution in [0.5, 0.6) is 0 Å². The minimum Gasteiger partial charge on any atom is -0.356 e. The molecule has 0 aromatic carbocycles. The second-order valence-corrected chi connectivity index (χ2v) is 6.02. The maximum atomic E-state index is 11.6. The maximum absolute atomic E-state index is 11.6. The number of unbranched alkanes of at least 4 members (excludes halogenated alkanes) is 1. The van der Waals surface area contributed by atoms with Crippen LogP contribution in [0.2, 0.25) is 0 Å². The molecule has 0 saturated heterocycles. The number of nitrogens with zero attached hydrogens (tertiary/aromatic N) is 2. The lowest BCUT2D eigenvalue weighted by Gasteiger charge is -2.13. The summed E-state index contributed by atoms with van der Waals surface area (Å²) < 4.78 is 0. The van der Waals surface area contributed by atoms with E-state index >= 15 is 0 Å². The van der Waals surface area contributed by atoms with Crippen LogP contribution in [0, 0.1) is 0 Å². The molecule has 5 nitrogen and oxygen atoms in total. The SMILES string of the molecule is CCCCNC(=NCC(=O)N(C)C)NCCc1cccs1.I. The van der Waals surface area contributed by atoms with Gasteiger partial charge in [0.05, 0.1) is 0 Å². The zero-order valence-electron chi connectivity index (χ0n) is 13.6. The highest BCUT2D eigenvalue weighted by Crippen LogP contribution is 2.07.